The van der Waals surface area contributed by atoms with Gasteiger partial charge in [0.1, 0.15) is 0 Å². The average molecular weight is 194 g/mol. The van der Waals surface area contributed by atoms with E-state index in [9.17, 15) is 9.90 Å². The smallest absolute Gasteiger partial charge is 0.272 e. The summed E-state index contributed by atoms with van der Waals surface area (Å²) in [6, 6.07) is 3.91. The number of rotatable bonds is 5. The highest BCUT2D eigenvalue weighted by Gasteiger charge is 1.98. The predicted octanol–water partition coefficient (Wildman–Crippen LogP) is -0.249. The Labute approximate surface area is 83.0 Å². The molecule has 0 radical (unpaired) electrons. The maximum atomic E-state index is 10.1. The highest BCUT2D eigenvalue weighted by Crippen LogP contribution is 1.99. The number of aliphatic carboxylic acids is 1. The van der Waals surface area contributed by atoms with E-state index in [-0.39, 0.29) is 6.42 Å². The summed E-state index contributed by atoms with van der Waals surface area (Å²) in [4.78, 5) is 13.2. The van der Waals surface area contributed by atoms with Crippen molar-refractivity contribution < 1.29 is 14.9 Å². The molecule has 0 unspecified atom stereocenters. The highest BCUT2D eigenvalue weighted by atomic mass is 16.4. The molecule has 4 nitrogen and oxygen atoms in total. The second-order valence-corrected chi connectivity index (χ2v) is 3.18. The summed E-state index contributed by atoms with van der Waals surface area (Å²) in [5.74, 6) is -0.103. The van der Waals surface area contributed by atoms with Gasteiger partial charge in [-0.1, -0.05) is 0 Å². The van der Waals surface area contributed by atoms with E-state index in [2.05, 4.69) is 10.3 Å². The molecule has 0 aliphatic heterocycles. The fourth-order valence-electron chi connectivity index (χ4n) is 1.07. The summed E-state index contributed by atoms with van der Waals surface area (Å²) in [7, 11) is 0. The van der Waals surface area contributed by atoms with E-state index in [1.807, 2.05) is 25.3 Å². The summed E-state index contributed by atoms with van der Waals surface area (Å²) < 4.78 is 0. The lowest BCUT2D eigenvalue weighted by Crippen LogP contribution is -2.23. The van der Waals surface area contributed by atoms with Gasteiger partial charge in [0.25, 0.3) is 5.82 Å². The van der Waals surface area contributed by atoms with Crippen LogP contribution < -0.4 is 15.4 Å². The summed E-state index contributed by atoms with van der Waals surface area (Å²) in [5.41, 5.74) is 1.16. The number of nitrogens with one attached hydrogen (secondary N) is 2. The zero-order valence-electron chi connectivity index (χ0n) is 8.17. The van der Waals surface area contributed by atoms with Gasteiger partial charge in [0.05, 0.1) is 12.7 Å². The minimum Gasteiger partial charge on any atom is -0.550 e. The van der Waals surface area contributed by atoms with Gasteiger partial charge in [0, 0.05) is 12.0 Å². The topological polar surface area (TPSA) is 66.3 Å². The standard InChI is InChI=1S/C10H14N2O2/c1-8-4-5-9(12-7-8)11-6-2-3-10(13)14/h4-5,7H,2-3,6H2,1H3,(H,11,12)(H,13,14). The number of H-pyrrole nitrogens is 1. The summed E-state index contributed by atoms with van der Waals surface area (Å²) >= 11 is 0. The second-order valence-electron chi connectivity index (χ2n) is 3.18. The minimum atomic E-state index is -1.00. The monoisotopic (exact) mass is 194 g/mol. The van der Waals surface area contributed by atoms with Crippen LogP contribution in [0.2, 0.25) is 0 Å². The number of anilines is 1. The first kappa shape index (κ1) is 10.5. The molecule has 0 amide bonds. The molecule has 1 aromatic rings. The zero-order chi connectivity index (χ0) is 10.4. The number of aromatic amines is 1. The minimum absolute atomic E-state index is 0.0961. The van der Waals surface area contributed by atoms with Crippen molar-refractivity contribution in [1.82, 2.24) is 0 Å². The number of aromatic nitrogens is 1. The molecule has 0 aliphatic rings. The number of carboxylic acids is 1. The Hall–Kier alpha value is -1.58. The third-order valence-electron chi connectivity index (χ3n) is 1.84. The van der Waals surface area contributed by atoms with Crippen LogP contribution in [-0.4, -0.2) is 12.5 Å². The van der Waals surface area contributed by atoms with Gasteiger partial charge in [-0.05, 0) is 31.4 Å². The van der Waals surface area contributed by atoms with E-state index in [0.29, 0.717) is 13.0 Å². The lowest BCUT2D eigenvalue weighted by Gasteiger charge is -2.00. The Morgan fingerprint density at radius 3 is 2.93 bits per heavy atom. The van der Waals surface area contributed by atoms with Crippen LogP contribution in [0.4, 0.5) is 5.82 Å². The second kappa shape index (κ2) is 5.21. The molecule has 1 heterocycles. The van der Waals surface area contributed by atoms with E-state index in [1.165, 1.54) is 0 Å². The maximum absolute atomic E-state index is 10.1. The largest absolute Gasteiger partial charge is 0.550 e. The van der Waals surface area contributed by atoms with Gasteiger partial charge >= 0.3 is 0 Å². The fourth-order valence-corrected chi connectivity index (χ4v) is 1.07. The van der Waals surface area contributed by atoms with Gasteiger partial charge < -0.3 is 9.90 Å². The van der Waals surface area contributed by atoms with Crippen molar-refractivity contribution in [3.05, 3.63) is 23.9 Å². The predicted molar refractivity (Wildman–Crippen MR) is 50.5 cm³/mol. The third-order valence-corrected chi connectivity index (χ3v) is 1.84. The Morgan fingerprint density at radius 1 is 1.57 bits per heavy atom. The van der Waals surface area contributed by atoms with E-state index in [1.54, 1.807) is 0 Å². The van der Waals surface area contributed by atoms with E-state index >= 15 is 0 Å². The molecule has 1 aromatic heterocycles. The van der Waals surface area contributed by atoms with Gasteiger partial charge in [0.15, 0.2) is 0 Å². The first-order valence-corrected chi connectivity index (χ1v) is 4.60. The molecule has 0 aromatic carbocycles. The number of carbonyl (C=O) groups is 1. The molecule has 0 aliphatic carbocycles. The number of aryl methyl sites for hydroxylation is 1. The van der Waals surface area contributed by atoms with Crippen LogP contribution in [0.5, 0.6) is 0 Å². The molecule has 1 rings (SSSR count). The van der Waals surface area contributed by atoms with E-state index in [4.69, 9.17) is 0 Å². The van der Waals surface area contributed by atoms with Crippen LogP contribution >= 0.6 is 0 Å². The molecular weight excluding hydrogens is 180 g/mol. The maximum Gasteiger partial charge on any atom is 0.272 e. The number of pyridine rings is 1. The van der Waals surface area contributed by atoms with Gasteiger partial charge in [0.2, 0.25) is 0 Å². The molecule has 76 valence electrons. The van der Waals surface area contributed by atoms with Crippen molar-refractivity contribution in [2.75, 3.05) is 11.9 Å². The average Bonchev–Trinajstić information content (AvgIpc) is 2.15. The quantitative estimate of drug-likeness (QED) is 0.657. The Kier molecular flexibility index (Phi) is 3.91. The molecular formula is C10H14N2O2. The molecule has 2 N–H and O–H groups in total. The molecule has 14 heavy (non-hydrogen) atoms. The van der Waals surface area contributed by atoms with Crippen LogP contribution in [0.1, 0.15) is 18.4 Å². The van der Waals surface area contributed by atoms with Crippen LogP contribution in [-0.2, 0) is 4.79 Å². The Bertz CT molecular complexity index is 295. The van der Waals surface area contributed by atoms with Crippen molar-refractivity contribution in [3.8, 4) is 0 Å². The van der Waals surface area contributed by atoms with Gasteiger partial charge in [-0.3, -0.25) is 5.32 Å². The molecule has 0 saturated carbocycles. The first-order valence-electron chi connectivity index (χ1n) is 4.60. The van der Waals surface area contributed by atoms with Crippen LogP contribution in [0.15, 0.2) is 18.3 Å². The van der Waals surface area contributed by atoms with Gasteiger partial charge in [-0.2, -0.15) is 0 Å². The zero-order valence-corrected chi connectivity index (χ0v) is 8.17. The lowest BCUT2D eigenvalue weighted by atomic mass is 10.3. The number of carboxylic acid groups (broad SMARTS) is 1. The lowest BCUT2D eigenvalue weighted by molar-refractivity contribution is -0.361. The molecule has 0 atom stereocenters. The summed E-state index contributed by atoms with van der Waals surface area (Å²) in [5, 5.41) is 13.2. The Morgan fingerprint density at radius 2 is 2.36 bits per heavy atom. The van der Waals surface area contributed by atoms with E-state index < -0.39 is 5.97 Å². The number of hydrogen-bond acceptors (Lipinski definition) is 3. The molecule has 0 spiro atoms. The third kappa shape index (κ3) is 3.89. The van der Waals surface area contributed by atoms with Crippen molar-refractivity contribution in [2.24, 2.45) is 0 Å². The van der Waals surface area contributed by atoms with Gasteiger partial charge in [-0.25, -0.2) is 4.98 Å². The van der Waals surface area contributed by atoms with Crippen LogP contribution in [0.3, 0.4) is 0 Å². The number of hydrogen-bond donors (Lipinski definition) is 1. The van der Waals surface area contributed by atoms with Crippen LogP contribution in [0, 0.1) is 6.92 Å². The van der Waals surface area contributed by atoms with Crippen molar-refractivity contribution in [3.63, 3.8) is 0 Å². The van der Waals surface area contributed by atoms with E-state index in [0.717, 1.165) is 11.4 Å². The Balaban J connectivity index is 2.25. The number of carbonyl (C=O) groups excluding carboxylic acids is 1. The van der Waals surface area contributed by atoms with Crippen LogP contribution in [0.25, 0.3) is 0 Å². The van der Waals surface area contributed by atoms with Gasteiger partial charge in [-0.15, -0.1) is 0 Å². The summed E-state index contributed by atoms with van der Waals surface area (Å²) in [6.07, 6.45) is 2.56. The van der Waals surface area contributed by atoms with Crippen molar-refractivity contribution in [2.45, 2.75) is 19.8 Å². The molecule has 0 bridgehead atoms. The van der Waals surface area contributed by atoms with Crippen molar-refractivity contribution in [1.29, 1.82) is 0 Å². The summed E-state index contributed by atoms with van der Waals surface area (Å²) in [6.45, 7) is 2.63. The normalized spacial score (nSPS) is 9.79. The first-order chi connectivity index (χ1) is 6.68. The SMILES string of the molecule is Cc1ccc(NCCCC(=O)[O-])[nH+]c1. The molecule has 4 heteroatoms. The highest BCUT2D eigenvalue weighted by molar-refractivity contribution is 5.64. The van der Waals surface area contributed by atoms with Crippen molar-refractivity contribution >= 4 is 11.8 Å². The molecule has 0 saturated heterocycles. The molecule has 0 fully saturated rings. The fraction of sp³-hybridized carbons (Fsp3) is 0.400.